The lowest BCUT2D eigenvalue weighted by molar-refractivity contribution is 0.111. The van der Waals surface area contributed by atoms with Crippen LogP contribution in [0.15, 0.2) is 17.1 Å². The summed E-state index contributed by atoms with van der Waals surface area (Å²) in [6.07, 6.45) is 3.65. The predicted octanol–water partition coefficient (Wildman–Crippen LogP) is 1.10. The molecule has 0 radical (unpaired) electrons. The smallest absolute Gasteiger partial charge is 0.265 e. The summed E-state index contributed by atoms with van der Waals surface area (Å²) in [5.74, 6) is 0. The van der Waals surface area contributed by atoms with Gasteiger partial charge in [0.1, 0.15) is 11.6 Å². The zero-order valence-electron chi connectivity index (χ0n) is 7.62. The Labute approximate surface area is 81.1 Å². The van der Waals surface area contributed by atoms with Crippen LogP contribution in [0.25, 0.3) is 0 Å². The lowest BCUT2D eigenvalue weighted by Gasteiger charge is -2.08. The predicted molar refractivity (Wildman–Crippen MR) is 49.7 cm³/mol. The zero-order chi connectivity index (χ0) is 9.97. The molecular weight excluding hydrogens is 180 g/mol. The molecule has 0 spiro atoms. The van der Waals surface area contributed by atoms with Gasteiger partial charge >= 0.3 is 0 Å². The number of nitrogens with zero attached hydrogens (tertiary/aromatic N) is 1. The third kappa shape index (κ3) is 1.54. The monoisotopic (exact) mass is 190 g/mol. The summed E-state index contributed by atoms with van der Waals surface area (Å²) in [5.41, 5.74) is 0.700. The molecule has 0 amide bonds. The van der Waals surface area contributed by atoms with Crippen molar-refractivity contribution < 1.29 is 4.74 Å². The van der Waals surface area contributed by atoms with Crippen LogP contribution in [0.3, 0.4) is 0 Å². The molecule has 2 heterocycles. The first-order chi connectivity index (χ1) is 6.81. The summed E-state index contributed by atoms with van der Waals surface area (Å²) in [6, 6.07) is 3.47. The molecule has 1 aliphatic heterocycles. The van der Waals surface area contributed by atoms with E-state index in [0.717, 1.165) is 25.0 Å². The van der Waals surface area contributed by atoms with Crippen molar-refractivity contribution in [2.75, 3.05) is 6.61 Å². The van der Waals surface area contributed by atoms with E-state index in [0.29, 0.717) is 0 Å². The number of H-pyrrole nitrogens is 1. The van der Waals surface area contributed by atoms with E-state index in [1.54, 1.807) is 12.3 Å². The average Bonchev–Trinajstić information content (AvgIpc) is 2.71. The molecule has 0 saturated carbocycles. The number of hydrogen-bond acceptors (Lipinski definition) is 3. The highest BCUT2D eigenvalue weighted by Crippen LogP contribution is 2.27. The molecule has 0 bridgehead atoms. The molecule has 0 aliphatic carbocycles. The first-order valence-electron chi connectivity index (χ1n) is 4.55. The Bertz CT molecular complexity index is 424. The van der Waals surface area contributed by atoms with Crippen molar-refractivity contribution in [2.45, 2.75) is 18.9 Å². The molecule has 4 heteroatoms. The summed E-state index contributed by atoms with van der Waals surface area (Å²) < 4.78 is 5.45. The second kappa shape index (κ2) is 3.64. The van der Waals surface area contributed by atoms with Crippen molar-refractivity contribution in [1.82, 2.24) is 4.98 Å². The summed E-state index contributed by atoms with van der Waals surface area (Å²) in [5, 5.41) is 8.67. The topological polar surface area (TPSA) is 65.9 Å². The fourth-order valence-electron chi connectivity index (χ4n) is 1.61. The SMILES string of the molecule is N#Cc1cc(C2CCCO2)c[nH]c1=O. The summed E-state index contributed by atoms with van der Waals surface area (Å²) >= 11 is 0. The van der Waals surface area contributed by atoms with Crippen molar-refractivity contribution in [3.8, 4) is 6.07 Å². The van der Waals surface area contributed by atoms with Crippen molar-refractivity contribution in [2.24, 2.45) is 0 Å². The van der Waals surface area contributed by atoms with Crippen LogP contribution in [0.5, 0.6) is 0 Å². The maximum Gasteiger partial charge on any atom is 0.265 e. The molecule has 1 aromatic rings. The third-order valence-electron chi connectivity index (χ3n) is 2.35. The van der Waals surface area contributed by atoms with Gasteiger partial charge in [-0.15, -0.1) is 0 Å². The number of rotatable bonds is 1. The van der Waals surface area contributed by atoms with Crippen LogP contribution < -0.4 is 5.56 Å². The van der Waals surface area contributed by atoms with Gasteiger partial charge in [0.05, 0.1) is 6.10 Å². The summed E-state index contributed by atoms with van der Waals surface area (Å²) in [4.78, 5) is 13.6. The number of aromatic amines is 1. The van der Waals surface area contributed by atoms with Crippen LogP contribution >= 0.6 is 0 Å². The third-order valence-corrected chi connectivity index (χ3v) is 2.35. The van der Waals surface area contributed by atoms with Gasteiger partial charge in [-0.3, -0.25) is 4.79 Å². The first kappa shape index (κ1) is 8.97. The maximum atomic E-state index is 11.1. The van der Waals surface area contributed by atoms with Crippen LogP contribution in [-0.2, 0) is 4.74 Å². The number of nitriles is 1. The second-order valence-electron chi connectivity index (χ2n) is 3.29. The van der Waals surface area contributed by atoms with Crippen molar-refractivity contribution >= 4 is 0 Å². The average molecular weight is 190 g/mol. The Balaban J connectivity index is 2.36. The molecule has 1 fully saturated rings. The van der Waals surface area contributed by atoms with E-state index in [-0.39, 0.29) is 17.2 Å². The fourth-order valence-corrected chi connectivity index (χ4v) is 1.61. The van der Waals surface area contributed by atoms with Gasteiger partial charge < -0.3 is 9.72 Å². The van der Waals surface area contributed by atoms with E-state index in [1.165, 1.54) is 0 Å². The van der Waals surface area contributed by atoms with Crippen molar-refractivity contribution in [3.63, 3.8) is 0 Å². The lowest BCUT2D eigenvalue weighted by Crippen LogP contribution is -2.11. The molecule has 1 N–H and O–H groups in total. The molecule has 1 aliphatic rings. The Morgan fingerprint density at radius 1 is 1.64 bits per heavy atom. The Morgan fingerprint density at radius 3 is 3.14 bits per heavy atom. The van der Waals surface area contributed by atoms with E-state index in [9.17, 15) is 4.79 Å². The fraction of sp³-hybridized carbons (Fsp3) is 0.400. The normalized spacial score (nSPS) is 20.6. The van der Waals surface area contributed by atoms with Crippen LogP contribution in [-0.4, -0.2) is 11.6 Å². The first-order valence-corrected chi connectivity index (χ1v) is 4.55. The quantitative estimate of drug-likeness (QED) is 0.721. The minimum Gasteiger partial charge on any atom is -0.373 e. The molecule has 1 unspecified atom stereocenters. The van der Waals surface area contributed by atoms with Crippen molar-refractivity contribution in [1.29, 1.82) is 5.26 Å². The standard InChI is InChI=1S/C10H10N2O2/c11-5-7-4-8(6-12-10(7)13)9-2-1-3-14-9/h4,6,9H,1-3H2,(H,12,13). The van der Waals surface area contributed by atoms with Gasteiger partial charge in [-0.1, -0.05) is 0 Å². The van der Waals surface area contributed by atoms with E-state index < -0.39 is 0 Å². The van der Waals surface area contributed by atoms with Crippen molar-refractivity contribution in [3.05, 3.63) is 33.7 Å². The van der Waals surface area contributed by atoms with Gasteiger partial charge in [0, 0.05) is 12.8 Å². The lowest BCUT2D eigenvalue weighted by atomic mass is 10.1. The van der Waals surface area contributed by atoms with Gasteiger partial charge in [0.25, 0.3) is 5.56 Å². The molecule has 1 atom stereocenters. The highest BCUT2D eigenvalue weighted by atomic mass is 16.5. The van der Waals surface area contributed by atoms with E-state index >= 15 is 0 Å². The Kier molecular flexibility index (Phi) is 2.33. The molecule has 0 aromatic carbocycles. The van der Waals surface area contributed by atoms with Gasteiger partial charge in [-0.05, 0) is 24.5 Å². The minimum absolute atomic E-state index is 0.0407. The number of pyridine rings is 1. The number of nitrogens with one attached hydrogen (secondary N) is 1. The maximum absolute atomic E-state index is 11.1. The highest BCUT2D eigenvalue weighted by Gasteiger charge is 2.18. The van der Waals surface area contributed by atoms with Gasteiger partial charge in [0.2, 0.25) is 0 Å². The van der Waals surface area contributed by atoms with Gasteiger partial charge in [0.15, 0.2) is 0 Å². The molecule has 2 rings (SSSR count). The number of ether oxygens (including phenoxy) is 1. The number of hydrogen-bond donors (Lipinski definition) is 1. The molecule has 72 valence electrons. The summed E-state index contributed by atoms with van der Waals surface area (Å²) in [7, 11) is 0. The zero-order valence-corrected chi connectivity index (χ0v) is 7.62. The van der Waals surface area contributed by atoms with E-state index in [1.807, 2.05) is 6.07 Å². The minimum atomic E-state index is -0.339. The van der Waals surface area contributed by atoms with E-state index in [2.05, 4.69) is 4.98 Å². The Morgan fingerprint density at radius 2 is 2.50 bits per heavy atom. The molecule has 14 heavy (non-hydrogen) atoms. The number of aromatic nitrogens is 1. The second-order valence-corrected chi connectivity index (χ2v) is 3.29. The Hall–Kier alpha value is -1.60. The van der Waals surface area contributed by atoms with Crippen LogP contribution in [0.1, 0.15) is 30.1 Å². The molecule has 1 saturated heterocycles. The molecule has 4 nitrogen and oxygen atoms in total. The van der Waals surface area contributed by atoms with Crippen LogP contribution in [0.4, 0.5) is 0 Å². The van der Waals surface area contributed by atoms with Gasteiger partial charge in [-0.2, -0.15) is 5.26 Å². The van der Waals surface area contributed by atoms with Gasteiger partial charge in [-0.25, -0.2) is 0 Å². The van der Waals surface area contributed by atoms with Crippen LogP contribution in [0.2, 0.25) is 0 Å². The summed E-state index contributed by atoms with van der Waals surface area (Å²) in [6.45, 7) is 0.756. The largest absolute Gasteiger partial charge is 0.373 e. The van der Waals surface area contributed by atoms with Crippen LogP contribution in [0, 0.1) is 11.3 Å². The highest BCUT2D eigenvalue weighted by molar-refractivity contribution is 5.30. The molecule has 1 aromatic heterocycles. The molecular formula is C10H10N2O2. The van der Waals surface area contributed by atoms with E-state index in [4.69, 9.17) is 10.00 Å².